The molecule has 1 fully saturated rings. The summed E-state index contributed by atoms with van der Waals surface area (Å²) in [6.45, 7) is 5.42. The van der Waals surface area contributed by atoms with Crippen LogP contribution in [-0.4, -0.2) is 40.3 Å². The number of nitriles is 1. The molecule has 0 bridgehead atoms. The van der Waals surface area contributed by atoms with Crippen LogP contribution in [0.2, 0.25) is 0 Å². The van der Waals surface area contributed by atoms with Crippen molar-refractivity contribution < 1.29 is 9.53 Å². The SMILES string of the molecule is Cc1nn(C)c(C)c1[C@@H]1COCCN1C(=O)c1sccc1C#N. The first-order valence-corrected chi connectivity index (χ1v) is 8.29. The van der Waals surface area contributed by atoms with E-state index < -0.39 is 0 Å². The number of carbonyl (C=O) groups excluding carboxylic acids is 1. The second-order valence-corrected chi connectivity index (χ2v) is 6.49. The van der Waals surface area contributed by atoms with Gasteiger partial charge in [-0.25, -0.2) is 0 Å². The summed E-state index contributed by atoms with van der Waals surface area (Å²) in [4.78, 5) is 15.3. The number of hydrogen-bond donors (Lipinski definition) is 0. The van der Waals surface area contributed by atoms with Crippen molar-refractivity contribution >= 4 is 17.2 Å². The first-order valence-electron chi connectivity index (χ1n) is 7.41. The minimum absolute atomic E-state index is 0.104. The molecule has 0 radical (unpaired) electrons. The molecule has 0 saturated carbocycles. The van der Waals surface area contributed by atoms with Crippen molar-refractivity contribution in [3.05, 3.63) is 38.8 Å². The van der Waals surface area contributed by atoms with Gasteiger partial charge in [-0.05, 0) is 25.3 Å². The van der Waals surface area contributed by atoms with Crippen LogP contribution in [0.25, 0.3) is 0 Å². The van der Waals surface area contributed by atoms with Crippen molar-refractivity contribution in [2.75, 3.05) is 19.8 Å². The summed E-state index contributed by atoms with van der Waals surface area (Å²) in [5.74, 6) is -0.104. The van der Waals surface area contributed by atoms with Crippen LogP contribution in [0.5, 0.6) is 0 Å². The Morgan fingerprint density at radius 2 is 2.30 bits per heavy atom. The van der Waals surface area contributed by atoms with Crippen LogP contribution in [0.4, 0.5) is 0 Å². The number of carbonyl (C=O) groups is 1. The van der Waals surface area contributed by atoms with Crippen molar-refractivity contribution in [1.29, 1.82) is 5.26 Å². The molecule has 1 aliphatic rings. The summed E-state index contributed by atoms with van der Waals surface area (Å²) < 4.78 is 7.44. The highest BCUT2D eigenvalue weighted by Crippen LogP contribution is 2.31. The molecule has 2 aromatic rings. The van der Waals surface area contributed by atoms with Gasteiger partial charge < -0.3 is 9.64 Å². The Morgan fingerprint density at radius 3 is 2.96 bits per heavy atom. The normalized spacial score (nSPS) is 18.0. The van der Waals surface area contributed by atoms with Gasteiger partial charge in [0.1, 0.15) is 10.9 Å². The number of aryl methyl sites for hydroxylation is 2. The molecule has 7 heteroatoms. The molecular weight excluding hydrogens is 312 g/mol. The third-order valence-electron chi connectivity index (χ3n) is 4.27. The molecule has 2 aromatic heterocycles. The maximum Gasteiger partial charge on any atom is 0.265 e. The van der Waals surface area contributed by atoms with E-state index in [1.54, 1.807) is 11.4 Å². The first-order chi connectivity index (χ1) is 11.0. The zero-order valence-electron chi connectivity index (χ0n) is 13.4. The third-order valence-corrected chi connectivity index (χ3v) is 5.17. The molecule has 3 rings (SSSR count). The van der Waals surface area contributed by atoms with E-state index in [1.165, 1.54) is 11.3 Å². The Morgan fingerprint density at radius 1 is 1.52 bits per heavy atom. The van der Waals surface area contributed by atoms with Gasteiger partial charge in [0.15, 0.2) is 0 Å². The van der Waals surface area contributed by atoms with E-state index in [1.807, 2.05) is 30.5 Å². The molecule has 0 spiro atoms. The van der Waals surface area contributed by atoms with Gasteiger partial charge in [0, 0.05) is 24.8 Å². The molecule has 1 aliphatic heterocycles. The Labute approximate surface area is 138 Å². The van der Waals surface area contributed by atoms with E-state index in [0.717, 1.165) is 17.0 Å². The molecule has 120 valence electrons. The number of aromatic nitrogens is 2. The molecule has 0 aliphatic carbocycles. The van der Waals surface area contributed by atoms with Crippen molar-refractivity contribution in [2.24, 2.45) is 7.05 Å². The highest BCUT2D eigenvalue weighted by molar-refractivity contribution is 7.12. The molecule has 0 unspecified atom stereocenters. The van der Waals surface area contributed by atoms with Gasteiger partial charge >= 0.3 is 0 Å². The summed E-state index contributed by atoms with van der Waals surface area (Å²) in [5.41, 5.74) is 3.41. The topological polar surface area (TPSA) is 71.2 Å². The van der Waals surface area contributed by atoms with Crippen LogP contribution in [-0.2, 0) is 11.8 Å². The van der Waals surface area contributed by atoms with E-state index in [4.69, 9.17) is 4.74 Å². The Kier molecular flexibility index (Phi) is 4.20. The zero-order chi connectivity index (χ0) is 16.6. The molecular formula is C16H18N4O2S. The van der Waals surface area contributed by atoms with E-state index in [0.29, 0.717) is 30.2 Å². The lowest BCUT2D eigenvalue weighted by Gasteiger charge is -2.35. The van der Waals surface area contributed by atoms with Crippen molar-refractivity contribution in [3.63, 3.8) is 0 Å². The number of morpholine rings is 1. The van der Waals surface area contributed by atoms with Gasteiger partial charge in [-0.3, -0.25) is 9.48 Å². The van der Waals surface area contributed by atoms with E-state index in [-0.39, 0.29) is 11.9 Å². The summed E-state index contributed by atoms with van der Waals surface area (Å²) >= 11 is 1.31. The zero-order valence-corrected chi connectivity index (χ0v) is 14.2. The van der Waals surface area contributed by atoms with Crippen LogP contribution in [0.3, 0.4) is 0 Å². The van der Waals surface area contributed by atoms with Crippen molar-refractivity contribution in [2.45, 2.75) is 19.9 Å². The fourth-order valence-electron chi connectivity index (χ4n) is 3.05. The lowest BCUT2D eigenvalue weighted by atomic mass is 10.0. The summed E-state index contributed by atoms with van der Waals surface area (Å²) in [7, 11) is 1.90. The fourth-order valence-corrected chi connectivity index (χ4v) is 3.85. The number of thiophene rings is 1. The second kappa shape index (κ2) is 6.14. The molecule has 6 nitrogen and oxygen atoms in total. The molecule has 0 aromatic carbocycles. The maximum absolute atomic E-state index is 13.0. The number of hydrogen-bond acceptors (Lipinski definition) is 5. The smallest absolute Gasteiger partial charge is 0.265 e. The molecule has 23 heavy (non-hydrogen) atoms. The van der Waals surface area contributed by atoms with Crippen LogP contribution >= 0.6 is 11.3 Å². The van der Waals surface area contributed by atoms with Gasteiger partial charge in [0.05, 0.1) is 30.5 Å². The predicted octanol–water partition coefficient (Wildman–Crippen LogP) is 2.18. The largest absolute Gasteiger partial charge is 0.377 e. The molecule has 0 N–H and O–H groups in total. The summed E-state index contributed by atoms with van der Waals surface area (Å²) in [6.07, 6.45) is 0. The summed E-state index contributed by atoms with van der Waals surface area (Å²) in [6, 6.07) is 3.61. The average molecular weight is 330 g/mol. The van der Waals surface area contributed by atoms with Gasteiger partial charge in [-0.2, -0.15) is 10.4 Å². The van der Waals surface area contributed by atoms with E-state index in [2.05, 4.69) is 11.2 Å². The summed E-state index contributed by atoms with van der Waals surface area (Å²) in [5, 5.41) is 15.4. The quantitative estimate of drug-likeness (QED) is 0.846. The molecule has 1 amide bonds. The average Bonchev–Trinajstić information content (AvgIpc) is 3.12. The number of amides is 1. The third kappa shape index (κ3) is 2.64. The molecule has 1 saturated heterocycles. The monoisotopic (exact) mass is 330 g/mol. The van der Waals surface area contributed by atoms with Gasteiger partial charge in [-0.1, -0.05) is 0 Å². The van der Waals surface area contributed by atoms with Crippen LogP contribution in [0, 0.1) is 25.2 Å². The van der Waals surface area contributed by atoms with Gasteiger partial charge in [0.25, 0.3) is 5.91 Å². The van der Waals surface area contributed by atoms with Crippen LogP contribution < -0.4 is 0 Å². The van der Waals surface area contributed by atoms with Gasteiger partial charge in [-0.15, -0.1) is 11.3 Å². The second-order valence-electron chi connectivity index (χ2n) is 5.57. The number of rotatable bonds is 2. The van der Waals surface area contributed by atoms with E-state index >= 15 is 0 Å². The Balaban J connectivity index is 1.99. The molecule has 3 heterocycles. The van der Waals surface area contributed by atoms with Crippen LogP contribution in [0.1, 0.15) is 38.2 Å². The lowest BCUT2D eigenvalue weighted by molar-refractivity contribution is -0.00279. The van der Waals surface area contributed by atoms with Gasteiger partial charge in [0.2, 0.25) is 0 Å². The van der Waals surface area contributed by atoms with Crippen LogP contribution in [0.15, 0.2) is 11.4 Å². The Hall–Kier alpha value is -2.17. The number of nitrogens with zero attached hydrogens (tertiary/aromatic N) is 4. The van der Waals surface area contributed by atoms with Crippen molar-refractivity contribution in [1.82, 2.24) is 14.7 Å². The standard InChI is InChI=1S/C16H18N4O2S/c1-10-14(11(2)19(3)18-10)13-9-22-6-5-20(13)16(21)15-12(8-17)4-7-23-15/h4,7,13H,5-6,9H2,1-3H3/t13-/m0/s1. The predicted molar refractivity (Wildman–Crippen MR) is 86.3 cm³/mol. The highest BCUT2D eigenvalue weighted by atomic mass is 32.1. The molecule has 1 atom stereocenters. The number of ether oxygens (including phenoxy) is 1. The lowest BCUT2D eigenvalue weighted by Crippen LogP contribution is -2.43. The van der Waals surface area contributed by atoms with E-state index in [9.17, 15) is 10.1 Å². The highest BCUT2D eigenvalue weighted by Gasteiger charge is 2.34. The minimum atomic E-state index is -0.168. The maximum atomic E-state index is 13.0. The first kappa shape index (κ1) is 15.7. The van der Waals surface area contributed by atoms with Crippen molar-refractivity contribution in [3.8, 4) is 6.07 Å². The fraction of sp³-hybridized carbons (Fsp3) is 0.438. The minimum Gasteiger partial charge on any atom is -0.377 e. The Bertz CT molecular complexity index is 787.